The van der Waals surface area contributed by atoms with E-state index in [-0.39, 0.29) is 11.9 Å². The lowest BCUT2D eigenvalue weighted by Crippen LogP contribution is -2.10. The van der Waals surface area contributed by atoms with Crippen molar-refractivity contribution in [2.75, 3.05) is 0 Å². The van der Waals surface area contributed by atoms with Gasteiger partial charge in [0.05, 0.1) is 5.56 Å². The normalized spacial score (nSPS) is 18.1. The van der Waals surface area contributed by atoms with Gasteiger partial charge in [-0.25, -0.2) is 0 Å². The maximum atomic E-state index is 13.0. The first kappa shape index (κ1) is 18.5. The summed E-state index contributed by atoms with van der Waals surface area (Å²) in [5.41, 5.74) is 3.97. The molecule has 0 unspecified atom stereocenters. The molecule has 3 aromatic rings. The Morgan fingerprint density at radius 1 is 0.929 bits per heavy atom. The van der Waals surface area contributed by atoms with E-state index in [0.717, 1.165) is 11.1 Å². The van der Waals surface area contributed by atoms with E-state index in [4.69, 9.17) is 9.47 Å². The van der Waals surface area contributed by atoms with Crippen molar-refractivity contribution in [1.82, 2.24) is 0 Å². The van der Waals surface area contributed by atoms with Crippen LogP contribution < -0.4 is 4.74 Å². The molecule has 1 fully saturated rings. The second-order valence-corrected chi connectivity index (χ2v) is 7.43. The van der Waals surface area contributed by atoms with Gasteiger partial charge in [-0.05, 0) is 34.7 Å². The number of carbonyl (C=O) groups is 1. The predicted octanol–water partition coefficient (Wildman–Crippen LogP) is 5.71. The van der Waals surface area contributed by atoms with Crippen molar-refractivity contribution in [2.24, 2.45) is 0 Å². The molecule has 1 saturated heterocycles. The Labute approximate surface area is 165 Å². The second-order valence-electron chi connectivity index (χ2n) is 7.43. The molecule has 28 heavy (non-hydrogen) atoms. The number of para-hydroxylation sites is 1. The highest BCUT2D eigenvalue weighted by atomic mass is 16.6. The Hall–Kier alpha value is -2.91. The standard InChI is InChI=1S/C25H24O3/c1-17(2)19-12-14-20(15-13-19)24-25(28-24)23(26)21-10-6-7-11-22(21)27-16-18-8-4-3-5-9-18/h3-15,17,24-25H,16H2,1-2H3/t24-,25-/m1/s1. The molecule has 0 radical (unpaired) electrons. The summed E-state index contributed by atoms with van der Waals surface area (Å²) >= 11 is 0. The van der Waals surface area contributed by atoms with E-state index < -0.39 is 6.10 Å². The van der Waals surface area contributed by atoms with Crippen molar-refractivity contribution in [1.29, 1.82) is 0 Å². The van der Waals surface area contributed by atoms with Crippen LogP contribution in [0, 0.1) is 0 Å². The minimum absolute atomic E-state index is 0.0263. The number of hydrogen-bond donors (Lipinski definition) is 0. The van der Waals surface area contributed by atoms with Gasteiger partial charge in [-0.15, -0.1) is 0 Å². The molecule has 142 valence electrons. The predicted molar refractivity (Wildman–Crippen MR) is 110 cm³/mol. The van der Waals surface area contributed by atoms with Gasteiger partial charge in [0.1, 0.15) is 18.5 Å². The number of epoxide rings is 1. The fraction of sp³-hybridized carbons (Fsp3) is 0.240. The first-order valence-corrected chi connectivity index (χ1v) is 9.69. The fourth-order valence-electron chi connectivity index (χ4n) is 3.32. The lowest BCUT2D eigenvalue weighted by Gasteiger charge is -2.10. The number of Topliss-reactive ketones (excluding diaryl/α,β-unsaturated/α-hetero) is 1. The average molecular weight is 372 g/mol. The fourth-order valence-corrected chi connectivity index (χ4v) is 3.32. The van der Waals surface area contributed by atoms with Gasteiger partial charge < -0.3 is 9.47 Å². The van der Waals surface area contributed by atoms with Gasteiger partial charge in [-0.2, -0.15) is 0 Å². The topological polar surface area (TPSA) is 38.8 Å². The third kappa shape index (κ3) is 4.00. The van der Waals surface area contributed by atoms with Gasteiger partial charge in [-0.3, -0.25) is 4.79 Å². The molecule has 4 rings (SSSR count). The molecule has 0 bridgehead atoms. The van der Waals surface area contributed by atoms with Gasteiger partial charge in [0.15, 0.2) is 11.9 Å². The van der Waals surface area contributed by atoms with E-state index >= 15 is 0 Å². The van der Waals surface area contributed by atoms with Gasteiger partial charge in [0.25, 0.3) is 0 Å². The van der Waals surface area contributed by atoms with Crippen LogP contribution in [-0.4, -0.2) is 11.9 Å². The van der Waals surface area contributed by atoms with Crippen LogP contribution >= 0.6 is 0 Å². The highest BCUT2D eigenvalue weighted by Crippen LogP contribution is 2.42. The molecule has 2 atom stereocenters. The van der Waals surface area contributed by atoms with Crippen LogP contribution in [-0.2, 0) is 11.3 Å². The zero-order chi connectivity index (χ0) is 19.5. The van der Waals surface area contributed by atoms with Gasteiger partial charge >= 0.3 is 0 Å². The summed E-state index contributed by atoms with van der Waals surface area (Å²) in [6, 6.07) is 25.7. The van der Waals surface area contributed by atoms with Crippen LogP contribution in [0.25, 0.3) is 0 Å². The van der Waals surface area contributed by atoms with Crippen LogP contribution in [0.5, 0.6) is 5.75 Å². The lowest BCUT2D eigenvalue weighted by atomic mass is 9.98. The molecule has 3 heteroatoms. The molecule has 0 amide bonds. The van der Waals surface area contributed by atoms with Crippen molar-refractivity contribution in [3.05, 3.63) is 101 Å². The quantitative estimate of drug-likeness (QED) is 0.394. The molecule has 0 N–H and O–H groups in total. The van der Waals surface area contributed by atoms with Crippen LogP contribution in [0.3, 0.4) is 0 Å². The maximum Gasteiger partial charge on any atom is 0.198 e. The molecule has 3 aromatic carbocycles. The number of ether oxygens (including phenoxy) is 2. The summed E-state index contributed by atoms with van der Waals surface area (Å²) in [6.45, 7) is 4.76. The monoisotopic (exact) mass is 372 g/mol. The molecule has 0 spiro atoms. The Morgan fingerprint density at radius 2 is 1.61 bits per heavy atom. The van der Waals surface area contributed by atoms with E-state index in [1.165, 1.54) is 5.56 Å². The van der Waals surface area contributed by atoms with Crippen LogP contribution in [0.15, 0.2) is 78.9 Å². The smallest absolute Gasteiger partial charge is 0.198 e. The van der Waals surface area contributed by atoms with Crippen LogP contribution in [0.2, 0.25) is 0 Å². The second kappa shape index (κ2) is 7.99. The van der Waals surface area contributed by atoms with Gasteiger partial charge in [0.2, 0.25) is 0 Å². The summed E-state index contributed by atoms with van der Waals surface area (Å²) in [4.78, 5) is 13.0. The zero-order valence-electron chi connectivity index (χ0n) is 16.2. The van der Waals surface area contributed by atoms with Crippen molar-refractivity contribution in [2.45, 2.75) is 38.6 Å². The Balaban J connectivity index is 1.45. The minimum atomic E-state index is -0.439. The summed E-state index contributed by atoms with van der Waals surface area (Å²) < 4.78 is 11.7. The molecule has 1 heterocycles. The highest BCUT2D eigenvalue weighted by Gasteiger charge is 2.46. The van der Waals surface area contributed by atoms with E-state index in [1.54, 1.807) is 0 Å². The van der Waals surface area contributed by atoms with Crippen molar-refractivity contribution in [3.8, 4) is 5.75 Å². The number of carbonyl (C=O) groups excluding carboxylic acids is 1. The molecular formula is C25H24O3. The number of benzene rings is 3. The van der Waals surface area contributed by atoms with Gasteiger partial charge in [0, 0.05) is 0 Å². The molecule has 1 aliphatic heterocycles. The largest absolute Gasteiger partial charge is 0.488 e. The molecule has 1 aliphatic rings. The molecule has 3 nitrogen and oxygen atoms in total. The molecule has 0 aliphatic carbocycles. The first-order valence-electron chi connectivity index (χ1n) is 9.69. The molecule has 0 saturated carbocycles. The zero-order valence-corrected chi connectivity index (χ0v) is 16.2. The minimum Gasteiger partial charge on any atom is -0.488 e. The number of hydrogen-bond acceptors (Lipinski definition) is 3. The Bertz CT molecular complexity index is 945. The Kier molecular flexibility index (Phi) is 5.27. The molecule has 0 aromatic heterocycles. The van der Waals surface area contributed by atoms with Gasteiger partial charge in [-0.1, -0.05) is 80.6 Å². The third-order valence-corrected chi connectivity index (χ3v) is 5.07. The Morgan fingerprint density at radius 3 is 2.32 bits per heavy atom. The number of rotatable bonds is 7. The van der Waals surface area contributed by atoms with Crippen molar-refractivity contribution >= 4 is 5.78 Å². The third-order valence-electron chi connectivity index (χ3n) is 5.07. The first-order chi connectivity index (χ1) is 13.6. The molecular weight excluding hydrogens is 348 g/mol. The van der Waals surface area contributed by atoms with E-state index in [1.807, 2.05) is 54.6 Å². The summed E-state index contributed by atoms with van der Waals surface area (Å²) in [7, 11) is 0. The van der Waals surface area contributed by atoms with E-state index in [0.29, 0.717) is 23.8 Å². The van der Waals surface area contributed by atoms with E-state index in [9.17, 15) is 4.79 Å². The van der Waals surface area contributed by atoms with Crippen LogP contribution in [0.4, 0.5) is 0 Å². The van der Waals surface area contributed by atoms with Crippen molar-refractivity contribution in [3.63, 3.8) is 0 Å². The van der Waals surface area contributed by atoms with Crippen molar-refractivity contribution < 1.29 is 14.3 Å². The highest BCUT2D eigenvalue weighted by molar-refractivity contribution is 6.03. The lowest BCUT2D eigenvalue weighted by molar-refractivity contribution is 0.0949. The number of ketones is 1. The average Bonchev–Trinajstić information content (AvgIpc) is 3.54. The maximum absolute atomic E-state index is 13.0. The van der Waals surface area contributed by atoms with E-state index in [2.05, 4.69) is 38.1 Å². The van der Waals surface area contributed by atoms with Crippen LogP contribution in [0.1, 0.15) is 52.9 Å². The SMILES string of the molecule is CC(C)c1ccc([C@H]2O[C@@H]2C(=O)c2ccccc2OCc2ccccc2)cc1. The summed E-state index contributed by atoms with van der Waals surface area (Å²) in [5.74, 6) is 1.06. The summed E-state index contributed by atoms with van der Waals surface area (Å²) in [6.07, 6.45) is -0.609. The summed E-state index contributed by atoms with van der Waals surface area (Å²) in [5, 5.41) is 0.